The molecular weight excluding hydrogens is 346 g/mol. The molecule has 0 saturated heterocycles. The van der Waals surface area contributed by atoms with Gasteiger partial charge in [0.15, 0.2) is 0 Å². The van der Waals surface area contributed by atoms with Gasteiger partial charge < -0.3 is 0 Å². The van der Waals surface area contributed by atoms with Gasteiger partial charge in [0.1, 0.15) is 5.69 Å². The van der Waals surface area contributed by atoms with E-state index in [0.717, 1.165) is 0 Å². The molecule has 0 spiro atoms. The van der Waals surface area contributed by atoms with E-state index in [1.807, 2.05) is 0 Å². The predicted molar refractivity (Wildman–Crippen MR) is 78.3 cm³/mol. The lowest BCUT2D eigenvalue weighted by atomic mass is 10.2. The Balaban J connectivity index is 2.01. The molecule has 0 saturated carbocycles. The van der Waals surface area contributed by atoms with Gasteiger partial charge in [-0.1, -0.05) is 23.7 Å². The number of hydrogen-bond acceptors (Lipinski definition) is 3. The van der Waals surface area contributed by atoms with Gasteiger partial charge in [0.2, 0.25) is 0 Å². The Hall–Kier alpha value is -1.92. The third-order valence-electron chi connectivity index (χ3n) is 2.36. The zero-order chi connectivity index (χ0) is 14.5. The molecular formula is C13H9BrClN3O2. The first-order valence-corrected chi connectivity index (χ1v) is 6.72. The maximum absolute atomic E-state index is 11.9. The summed E-state index contributed by atoms with van der Waals surface area (Å²) in [7, 11) is 0. The maximum Gasteiger partial charge on any atom is 0.288 e. The number of benzene rings is 1. The van der Waals surface area contributed by atoms with E-state index < -0.39 is 11.8 Å². The van der Waals surface area contributed by atoms with Crippen molar-refractivity contribution >= 4 is 39.3 Å². The van der Waals surface area contributed by atoms with Crippen molar-refractivity contribution < 1.29 is 9.59 Å². The summed E-state index contributed by atoms with van der Waals surface area (Å²) in [5.41, 5.74) is 5.10. The molecule has 0 atom stereocenters. The van der Waals surface area contributed by atoms with Crippen LogP contribution in [0.4, 0.5) is 0 Å². The second kappa shape index (κ2) is 6.49. The van der Waals surface area contributed by atoms with Gasteiger partial charge in [-0.25, -0.2) is 0 Å². The molecule has 1 aromatic heterocycles. The van der Waals surface area contributed by atoms with E-state index in [-0.39, 0.29) is 5.69 Å². The van der Waals surface area contributed by atoms with Gasteiger partial charge in [-0.15, -0.1) is 0 Å². The summed E-state index contributed by atoms with van der Waals surface area (Å²) in [6.07, 6.45) is 1.41. The van der Waals surface area contributed by atoms with Gasteiger partial charge in [-0.05, 0) is 40.2 Å². The molecule has 0 aliphatic carbocycles. The molecule has 20 heavy (non-hydrogen) atoms. The average molecular weight is 355 g/mol. The highest BCUT2D eigenvalue weighted by molar-refractivity contribution is 9.10. The molecule has 0 aliphatic rings. The molecule has 0 radical (unpaired) electrons. The lowest BCUT2D eigenvalue weighted by Gasteiger charge is -2.08. The molecule has 2 amide bonds. The Labute approximate surface area is 128 Å². The number of carbonyl (C=O) groups is 2. The van der Waals surface area contributed by atoms with Crippen molar-refractivity contribution in [3.63, 3.8) is 0 Å². The highest BCUT2D eigenvalue weighted by Gasteiger charge is 2.12. The predicted octanol–water partition coefficient (Wildman–Crippen LogP) is 2.57. The molecule has 0 bridgehead atoms. The lowest BCUT2D eigenvalue weighted by molar-refractivity contribution is 0.0843. The monoisotopic (exact) mass is 353 g/mol. The number of aromatic nitrogens is 1. The van der Waals surface area contributed by atoms with Gasteiger partial charge in [-0.2, -0.15) is 0 Å². The van der Waals surface area contributed by atoms with Crippen molar-refractivity contribution in [1.29, 1.82) is 0 Å². The molecule has 5 nitrogen and oxygen atoms in total. The normalized spacial score (nSPS) is 9.90. The fraction of sp³-hybridized carbons (Fsp3) is 0. The average Bonchev–Trinajstić information content (AvgIpc) is 2.45. The number of amides is 2. The van der Waals surface area contributed by atoms with Crippen molar-refractivity contribution in [1.82, 2.24) is 15.8 Å². The third-order valence-corrected chi connectivity index (χ3v) is 3.29. The molecule has 1 aromatic carbocycles. The van der Waals surface area contributed by atoms with Crippen LogP contribution in [0.3, 0.4) is 0 Å². The largest absolute Gasteiger partial charge is 0.288 e. The van der Waals surface area contributed by atoms with Crippen LogP contribution in [0.2, 0.25) is 5.02 Å². The van der Waals surface area contributed by atoms with E-state index in [1.54, 1.807) is 30.3 Å². The van der Waals surface area contributed by atoms with Crippen LogP contribution >= 0.6 is 27.5 Å². The van der Waals surface area contributed by atoms with Gasteiger partial charge in [0, 0.05) is 15.7 Å². The summed E-state index contributed by atoms with van der Waals surface area (Å²) >= 11 is 9.01. The second-order valence-corrected chi connectivity index (χ2v) is 5.04. The quantitative estimate of drug-likeness (QED) is 0.814. The molecule has 0 aliphatic heterocycles. The summed E-state index contributed by atoms with van der Waals surface area (Å²) in [5, 5.41) is 0.391. The Bertz CT molecular complexity index is 664. The summed E-state index contributed by atoms with van der Waals surface area (Å²) < 4.78 is 0.632. The summed E-state index contributed by atoms with van der Waals surface area (Å²) in [4.78, 5) is 27.5. The van der Waals surface area contributed by atoms with Gasteiger partial charge in [0.05, 0.1) is 5.56 Å². The van der Waals surface area contributed by atoms with Crippen molar-refractivity contribution in [2.45, 2.75) is 0 Å². The standard InChI is InChI=1S/C13H9BrClN3O2/c14-10-4-2-1-3-9(10)12(19)17-18-13(20)11-7-8(15)5-6-16-11/h1-7H,(H,17,19)(H,18,20). The summed E-state index contributed by atoms with van der Waals surface area (Å²) in [6.45, 7) is 0. The molecule has 0 fully saturated rings. The SMILES string of the molecule is O=C(NNC(=O)c1ccccc1Br)c1cc(Cl)ccn1. The van der Waals surface area contributed by atoms with Crippen LogP contribution in [0.15, 0.2) is 47.1 Å². The minimum atomic E-state index is -0.548. The van der Waals surface area contributed by atoms with E-state index in [4.69, 9.17) is 11.6 Å². The lowest BCUT2D eigenvalue weighted by Crippen LogP contribution is -2.42. The highest BCUT2D eigenvalue weighted by atomic mass is 79.9. The first-order valence-electron chi connectivity index (χ1n) is 5.54. The first-order chi connectivity index (χ1) is 9.58. The third kappa shape index (κ3) is 3.55. The minimum Gasteiger partial charge on any atom is -0.267 e. The van der Waals surface area contributed by atoms with Crippen LogP contribution in [0.1, 0.15) is 20.8 Å². The number of nitrogens with one attached hydrogen (secondary N) is 2. The maximum atomic E-state index is 11.9. The van der Waals surface area contributed by atoms with E-state index in [2.05, 4.69) is 31.8 Å². The van der Waals surface area contributed by atoms with E-state index >= 15 is 0 Å². The first kappa shape index (κ1) is 14.5. The number of hydrazine groups is 1. The Morgan fingerprint density at radius 3 is 2.50 bits per heavy atom. The van der Waals surface area contributed by atoms with Gasteiger partial charge in [0.25, 0.3) is 11.8 Å². The smallest absolute Gasteiger partial charge is 0.267 e. The Kier molecular flexibility index (Phi) is 4.70. The number of nitrogens with zero attached hydrogens (tertiary/aromatic N) is 1. The summed E-state index contributed by atoms with van der Waals surface area (Å²) in [5.74, 6) is -0.985. The van der Waals surface area contributed by atoms with Gasteiger partial charge >= 0.3 is 0 Å². The van der Waals surface area contributed by atoms with Crippen molar-refractivity contribution in [2.24, 2.45) is 0 Å². The molecule has 102 valence electrons. The van der Waals surface area contributed by atoms with E-state index in [9.17, 15) is 9.59 Å². The van der Waals surface area contributed by atoms with Crippen LogP contribution in [0, 0.1) is 0 Å². The van der Waals surface area contributed by atoms with Crippen LogP contribution in [0.5, 0.6) is 0 Å². The number of halogens is 2. The van der Waals surface area contributed by atoms with Crippen LogP contribution in [-0.4, -0.2) is 16.8 Å². The van der Waals surface area contributed by atoms with Crippen LogP contribution in [-0.2, 0) is 0 Å². The van der Waals surface area contributed by atoms with E-state index in [0.29, 0.717) is 15.1 Å². The molecule has 2 rings (SSSR count). The van der Waals surface area contributed by atoms with Crippen molar-refractivity contribution in [2.75, 3.05) is 0 Å². The highest BCUT2D eigenvalue weighted by Crippen LogP contribution is 2.15. The van der Waals surface area contributed by atoms with Crippen LogP contribution < -0.4 is 10.9 Å². The number of pyridine rings is 1. The van der Waals surface area contributed by atoms with Crippen LogP contribution in [0.25, 0.3) is 0 Å². The molecule has 1 heterocycles. The topological polar surface area (TPSA) is 71.1 Å². The fourth-order valence-electron chi connectivity index (χ4n) is 1.42. The Morgan fingerprint density at radius 1 is 1.10 bits per heavy atom. The fourth-order valence-corrected chi connectivity index (χ4v) is 2.04. The second-order valence-electron chi connectivity index (χ2n) is 3.75. The Morgan fingerprint density at radius 2 is 1.80 bits per heavy atom. The van der Waals surface area contributed by atoms with Crippen molar-refractivity contribution in [3.05, 3.63) is 63.3 Å². The van der Waals surface area contributed by atoms with E-state index in [1.165, 1.54) is 12.3 Å². The number of rotatable bonds is 2. The van der Waals surface area contributed by atoms with Gasteiger partial charge in [-0.3, -0.25) is 25.4 Å². The number of carbonyl (C=O) groups excluding carboxylic acids is 2. The molecule has 2 N–H and O–H groups in total. The zero-order valence-corrected chi connectivity index (χ0v) is 12.4. The van der Waals surface area contributed by atoms with Crippen molar-refractivity contribution in [3.8, 4) is 0 Å². The molecule has 7 heteroatoms. The summed E-state index contributed by atoms with van der Waals surface area (Å²) in [6, 6.07) is 9.83. The molecule has 0 unspecified atom stereocenters. The zero-order valence-electron chi connectivity index (χ0n) is 10.1. The molecule has 2 aromatic rings. The number of hydrogen-bond donors (Lipinski definition) is 2. The minimum absolute atomic E-state index is 0.116.